The van der Waals surface area contributed by atoms with Crippen LogP contribution in [0, 0.1) is 23.3 Å². The van der Waals surface area contributed by atoms with E-state index in [0.29, 0.717) is 56.7 Å². The molecule has 0 atom stereocenters. The Balaban J connectivity index is 0.000000199. The zero-order valence-electron chi connectivity index (χ0n) is 36.1. The highest BCUT2D eigenvalue weighted by Crippen LogP contribution is 2.43. The molecule has 14 nitrogen and oxygen atoms in total. The number of halogens is 4. The van der Waals surface area contributed by atoms with E-state index < -0.39 is 53.1 Å². The van der Waals surface area contributed by atoms with Crippen molar-refractivity contribution in [3.8, 4) is 11.5 Å². The zero-order valence-corrected chi connectivity index (χ0v) is 39.4. The second kappa shape index (κ2) is 21.6. The molecule has 22 heteroatoms. The molecule has 0 amide bonds. The minimum absolute atomic E-state index is 0.0423. The third-order valence-corrected chi connectivity index (χ3v) is 16.4. The van der Waals surface area contributed by atoms with Crippen LogP contribution >= 0.6 is 23.1 Å². The normalized spacial score (nSPS) is 18.3. The Hall–Kier alpha value is -5.55. The lowest BCUT2D eigenvalue weighted by atomic mass is 9.66. The number of aromatic nitrogens is 4. The van der Waals surface area contributed by atoms with Gasteiger partial charge in [-0.1, -0.05) is 60.7 Å². The Labute approximate surface area is 394 Å². The summed E-state index contributed by atoms with van der Waals surface area (Å²) in [6.45, 7) is 0.249. The summed E-state index contributed by atoms with van der Waals surface area (Å²) in [6.07, 6.45) is 9.62. The summed E-state index contributed by atoms with van der Waals surface area (Å²) in [5, 5.41) is 3.23. The van der Waals surface area contributed by atoms with Gasteiger partial charge >= 0.3 is 0 Å². The van der Waals surface area contributed by atoms with Crippen molar-refractivity contribution in [2.75, 3.05) is 29.7 Å². The van der Waals surface area contributed by atoms with E-state index in [4.69, 9.17) is 9.47 Å². The second-order valence-electron chi connectivity index (χ2n) is 16.2. The third-order valence-electron chi connectivity index (χ3n) is 12.3. The predicted octanol–water partition coefficient (Wildman–Crippen LogP) is 8.95. The second-order valence-corrected chi connectivity index (χ2v) is 21.1. The number of hydrogen-bond acceptors (Lipinski definition) is 14. The molecule has 0 aliphatic heterocycles. The highest BCUT2D eigenvalue weighted by atomic mass is 32.2. The van der Waals surface area contributed by atoms with Gasteiger partial charge in [0.1, 0.15) is 39.9 Å². The molecule has 2 saturated carbocycles. The number of nitrogens with zero attached hydrogens (tertiary/aromatic N) is 4. The Morgan fingerprint density at radius 2 is 1.04 bits per heavy atom. The van der Waals surface area contributed by atoms with Gasteiger partial charge in [0.15, 0.2) is 23.1 Å². The summed E-state index contributed by atoms with van der Waals surface area (Å²) in [5.41, 5.74) is 1.89. The van der Waals surface area contributed by atoms with E-state index in [9.17, 15) is 39.2 Å². The van der Waals surface area contributed by atoms with Gasteiger partial charge in [0, 0.05) is 66.2 Å². The molecule has 8 rings (SSSR count). The fraction of sp³-hybridized carbons (Fsp3) is 0.356. The summed E-state index contributed by atoms with van der Waals surface area (Å²) < 4.78 is 131. The van der Waals surface area contributed by atoms with Gasteiger partial charge in [-0.3, -0.25) is 14.2 Å². The van der Waals surface area contributed by atoms with E-state index in [-0.39, 0.29) is 51.6 Å². The van der Waals surface area contributed by atoms with Crippen LogP contribution < -0.4 is 24.2 Å². The van der Waals surface area contributed by atoms with Crippen molar-refractivity contribution < 1.29 is 48.7 Å². The Morgan fingerprint density at radius 3 is 1.43 bits per heavy atom. The molecule has 2 aliphatic carbocycles. The van der Waals surface area contributed by atoms with Crippen LogP contribution in [0.15, 0.2) is 107 Å². The maximum atomic E-state index is 14.7. The molecule has 0 radical (unpaired) electrons. The molecule has 0 unspecified atom stereocenters. The number of carbonyl (C=O) groups excluding carboxylic acids is 1. The van der Waals surface area contributed by atoms with E-state index in [1.54, 1.807) is 0 Å². The summed E-state index contributed by atoms with van der Waals surface area (Å²) in [7, 11) is -6.78. The number of nitrogens with one attached hydrogen (secondary N) is 3. The number of hydrogen-bond donors (Lipinski definition) is 3. The van der Waals surface area contributed by atoms with E-state index in [2.05, 4.69) is 45.6 Å². The molecule has 3 N–H and O–H groups in total. The van der Waals surface area contributed by atoms with Gasteiger partial charge in [-0.2, -0.15) is 8.75 Å². The van der Waals surface area contributed by atoms with Crippen LogP contribution in [0.4, 0.5) is 27.8 Å². The predicted molar refractivity (Wildman–Crippen MR) is 245 cm³/mol. The van der Waals surface area contributed by atoms with Gasteiger partial charge in [0.2, 0.25) is 10.3 Å². The fourth-order valence-corrected chi connectivity index (χ4v) is 12.0. The first-order chi connectivity index (χ1) is 32.1. The SMILES string of the molecule is CNC1CCC(CCOc2cc(F)c(S(=O)(=O)Nc3ncns3)cc2F)(c2ccccc2)CC1.O=C1CCC(CCOc2cc(F)c(S(=O)(=O)Nc3ncns3)cc2F)(c2ccccc2)CC1. The number of anilines is 2. The molecule has 2 heterocycles. The third kappa shape index (κ3) is 12.1. The molecule has 2 fully saturated rings. The zero-order chi connectivity index (χ0) is 47.7. The van der Waals surface area contributed by atoms with Gasteiger partial charge in [-0.25, -0.2) is 44.4 Å². The minimum Gasteiger partial charge on any atom is -0.490 e. The summed E-state index contributed by atoms with van der Waals surface area (Å²) in [4.78, 5) is 17.5. The van der Waals surface area contributed by atoms with Gasteiger partial charge in [0.05, 0.1) is 13.2 Å². The van der Waals surface area contributed by atoms with E-state index in [0.717, 1.165) is 79.1 Å². The number of benzene rings is 4. The molecule has 2 aromatic heterocycles. The van der Waals surface area contributed by atoms with Gasteiger partial charge in [-0.05, 0) is 80.4 Å². The fourth-order valence-electron chi connectivity index (χ4n) is 8.56. The first kappa shape index (κ1) is 49.4. The van der Waals surface area contributed by atoms with Gasteiger partial charge < -0.3 is 14.8 Å². The molecular weight excluding hydrogens is 955 g/mol. The number of ether oxygens (including phenoxy) is 2. The Bertz CT molecular complexity index is 2810. The number of Topliss-reactive ketones (excluding diaryl/α,β-unsaturated/α-hetero) is 1. The standard InChI is InChI=1S/C23H26F2N4O3S2.C22H21F2N3O4S2/c1-26-17-7-9-23(10-8-17,16-5-3-2-4-6-16)11-12-32-20-13-19(25)21(14-18(20)24)34(30,31)29-22-27-15-28-33-22;23-17-13-20(33(29,30)27-21-25-14-26-32-21)18(24)12-19(17)31-11-10-22(8-6-16(28)7-9-22)15-4-2-1-3-5-15/h2-6,13-15,17,26H,7-12H2,1H3,(H,27,28,29);1-5,12-14H,6-11H2,(H,25,26,27). The maximum absolute atomic E-state index is 14.7. The van der Waals surface area contributed by atoms with Crippen molar-refractivity contribution in [1.29, 1.82) is 0 Å². The molecule has 67 heavy (non-hydrogen) atoms. The van der Waals surface area contributed by atoms with Crippen LogP contribution in [0.5, 0.6) is 11.5 Å². The minimum atomic E-state index is -4.39. The Kier molecular flexibility index (Phi) is 15.9. The smallest absolute Gasteiger partial charge is 0.266 e. The monoisotopic (exact) mass is 1000 g/mol. The molecule has 0 saturated heterocycles. The molecule has 0 bridgehead atoms. The lowest BCUT2D eigenvalue weighted by Gasteiger charge is -2.41. The number of rotatable bonds is 17. The van der Waals surface area contributed by atoms with Crippen LogP contribution in [0.1, 0.15) is 75.3 Å². The number of ketones is 1. The van der Waals surface area contributed by atoms with E-state index in [1.165, 1.54) is 5.56 Å². The molecule has 6 aromatic rings. The average Bonchev–Trinajstić information content (AvgIpc) is 4.04. The average molecular weight is 1000 g/mol. The van der Waals surface area contributed by atoms with Crippen molar-refractivity contribution in [3.63, 3.8) is 0 Å². The van der Waals surface area contributed by atoms with Crippen LogP contribution in [0.3, 0.4) is 0 Å². The van der Waals surface area contributed by atoms with Crippen molar-refractivity contribution in [2.24, 2.45) is 0 Å². The highest BCUT2D eigenvalue weighted by Gasteiger charge is 2.38. The molecule has 2 aliphatic rings. The molecule has 4 aromatic carbocycles. The lowest BCUT2D eigenvalue weighted by molar-refractivity contribution is -0.121. The van der Waals surface area contributed by atoms with Crippen LogP contribution in [-0.4, -0.2) is 67.6 Å². The van der Waals surface area contributed by atoms with Crippen LogP contribution in [-0.2, 0) is 35.7 Å². The molecule has 356 valence electrons. The van der Waals surface area contributed by atoms with Crippen molar-refractivity contribution in [1.82, 2.24) is 24.0 Å². The van der Waals surface area contributed by atoms with E-state index in [1.807, 2.05) is 55.6 Å². The quantitative estimate of drug-likeness (QED) is 0.0737. The van der Waals surface area contributed by atoms with Crippen LogP contribution in [0.25, 0.3) is 0 Å². The topological polar surface area (TPSA) is 191 Å². The summed E-state index contributed by atoms with van der Waals surface area (Å²) in [5.74, 6) is -4.69. The van der Waals surface area contributed by atoms with Gasteiger partial charge in [-0.15, -0.1) is 0 Å². The van der Waals surface area contributed by atoms with E-state index >= 15 is 0 Å². The lowest BCUT2D eigenvalue weighted by Crippen LogP contribution is -2.39. The molecular formula is C45H47F4N7O7S4. The highest BCUT2D eigenvalue weighted by molar-refractivity contribution is 7.93. The number of sulfonamides is 2. The first-order valence-electron chi connectivity index (χ1n) is 21.2. The summed E-state index contributed by atoms with van der Waals surface area (Å²) >= 11 is 1.55. The first-order valence-corrected chi connectivity index (χ1v) is 25.8. The summed E-state index contributed by atoms with van der Waals surface area (Å²) in [6, 6.07) is 23.1. The Morgan fingerprint density at radius 1 is 0.627 bits per heavy atom. The molecule has 0 spiro atoms. The maximum Gasteiger partial charge on any atom is 0.266 e. The van der Waals surface area contributed by atoms with Crippen molar-refractivity contribution in [2.45, 2.75) is 90.9 Å². The van der Waals surface area contributed by atoms with Crippen LogP contribution in [0.2, 0.25) is 0 Å². The van der Waals surface area contributed by atoms with Crippen molar-refractivity contribution in [3.05, 3.63) is 132 Å². The van der Waals surface area contributed by atoms with Gasteiger partial charge in [0.25, 0.3) is 20.0 Å². The number of carbonyl (C=O) groups is 1. The largest absolute Gasteiger partial charge is 0.490 e. The van der Waals surface area contributed by atoms with Crippen molar-refractivity contribution >= 4 is 59.2 Å².